The first-order chi connectivity index (χ1) is 14.0. The summed E-state index contributed by atoms with van der Waals surface area (Å²) < 4.78 is 13.5. The number of aryl methyl sites for hydroxylation is 1. The average molecular weight is 391 g/mol. The molecule has 1 unspecified atom stereocenters. The van der Waals surface area contributed by atoms with Gasteiger partial charge in [-0.25, -0.2) is 9.37 Å². The minimum absolute atomic E-state index is 0.0277. The molecule has 4 rings (SSSR count). The van der Waals surface area contributed by atoms with Gasteiger partial charge in [-0.3, -0.25) is 9.59 Å². The number of hydrogen-bond donors (Lipinski definition) is 2. The number of amides is 1. The van der Waals surface area contributed by atoms with Gasteiger partial charge < -0.3 is 10.6 Å². The Morgan fingerprint density at radius 3 is 2.66 bits per heavy atom. The van der Waals surface area contributed by atoms with Crippen LogP contribution in [0.25, 0.3) is 0 Å². The molecule has 0 bridgehead atoms. The van der Waals surface area contributed by atoms with Crippen LogP contribution in [0.15, 0.2) is 65.1 Å². The standard InChI is InChI=1S/C23H22FN3O2/c1-13-5-4-12-25-22(13)27-23(29)19-14(2)26-17-6-3-7-18(28)21(17)20(19)15-8-10-16(24)11-9-15/h4-5,8-12,20,26H,3,6-7H2,1-2H3,(H,25,27,29). The first-order valence-electron chi connectivity index (χ1n) is 9.68. The van der Waals surface area contributed by atoms with Crippen molar-refractivity contribution in [2.75, 3.05) is 5.32 Å². The Morgan fingerprint density at radius 1 is 1.17 bits per heavy atom. The Labute approximate surface area is 168 Å². The second-order valence-electron chi connectivity index (χ2n) is 7.44. The van der Waals surface area contributed by atoms with Crippen LogP contribution in [0.2, 0.25) is 0 Å². The summed E-state index contributed by atoms with van der Waals surface area (Å²) in [6.07, 6.45) is 3.60. The molecule has 1 aliphatic carbocycles. The number of dihydropyridines is 1. The van der Waals surface area contributed by atoms with Crippen molar-refractivity contribution in [3.05, 3.63) is 82.1 Å². The van der Waals surface area contributed by atoms with Crippen LogP contribution in [0.4, 0.5) is 10.2 Å². The van der Waals surface area contributed by atoms with E-state index in [-0.39, 0.29) is 17.5 Å². The fourth-order valence-corrected chi connectivity index (χ4v) is 4.06. The van der Waals surface area contributed by atoms with E-state index in [9.17, 15) is 14.0 Å². The molecule has 1 atom stereocenters. The summed E-state index contributed by atoms with van der Waals surface area (Å²) in [6.45, 7) is 3.70. The van der Waals surface area contributed by atoms with Crippen molar-refractivity contribution in [2.45, 2.75) is 39.0 Å². The zero-order valence-electron chi connectivity index (χ0n) is 16.4. The Kier molecular flexibility index (Phi) is 5.01. The lowest BCUT2D eigenvalue weighted by molar-refractivity contribution is -0.116. The van der Waals surface area contributed by atoms with Gasteiger partial charge in [0.05, 0.1) is 0 Å². The number of hydrogen-bond acceptors (Lipinski definition) is 4. The Bertz CT molecular complexity index is 1050. The van der Waals surface area contributed by atoms with Crippen molar-refractivity contribution >= 4 is 17.5 Å². The largest absolute Gasteiger partial charge is 0.362 e. The van der Waals surface area contributed by atoms with E-state index in [4.69, 9.17) is 0 Å². The molecule has 2 aromatic rings. The van der Waals surface area contributed by atoms with Crippen molar-refractivity contribution in [1.29, 1.82) is 0 Å². The molecule has 1 aromatic carbocycles. The summed E-state index contributed by atoms with van der Waals surface area (Å²) in [4.78, 5) is 30.4. The molecular formula is C23H22FN3O2. The molecule has 2 aliphatic rings. The molecule has 0 radical (unpaired) electrons. The number of carbonyl (C=O) groups is 2. The number of anilines is 1. The lowest BCUT2D eigenvalue weighted by atomic mass is 9.75. The quantitative estimate of drug-likeness (QED) is 0.825. The number of halogens is 1. The van der Waals surface area contributed by atoms with E-state index < -0.39 is 5.92 Å². The number of pyridine rings is 1. The maximum Gasteiger partial charge on any atom is 0.255 e. The number of aromatic nitrogens is 1. The lowest BCUT2D eigenvalue weighted by Crippen LogP contribution is -2.35. The summed E-state index contributed by atoms with van der Waals surface area (Å²) in [7, 11) is 0. The molecule has 6 heteroatoms. The number of allylic oxidation sites excluding steroid dienone is 3. The topological polar surface area (TPSA) is 71.1 Å². The highest BCUT2D eigenvalue weighted by Gasteiger charge is 2.38. The summed E-state index contributed by atoms with van der Waals surface area (Å²) in [5.41, 5.74) is 4.18. The maximum absolute atomic E-state index is 13.5. The van der Waals surface area contributed by atoms with Crippen molar-refractivity contribution < 1.29 is 14.0 Å². The summed E-state index contributed by atoms with van der Waals surface area (Å²) >= 11 is 0. The molecule has 1 amide bonds. The van der Waals surface area contributed by atoms with E-state index in [0.29, 0.717) is 29.1 Å². The molecule has 0 saturated carbocycles. The van der Waals surface area contributed by atoms with Crippen molar-refractivity contribution in [1.82, 2.24) is 10.3 Å². The second kappa shape index (κ2) is 7.62. The van der Waals surface area contributed by atoms with Crippen LogP contribution in [0.1, 0.15) is 43.2 Å². The second-order valence-corrected chi connectivity index (χ2v) is 7.44. The molecule has 1 aromatic heterocycles. The van der Waals surface area contributed by atoms with E-state index in [1.165, 1.54) is 12.1 Å². The predicted octanol–water partition coefficient (Wildman–Crippen LogP) is 4.14. The molecule has 0 saturated heterocycles. The van der Waals surface area contributed by atoms with Crippen molar-refractivity contribution in [2.24, 2.45) is 0 Å². The monoisotopic (exact) mass is 391 g/mol. The number of carbonyl (C=O) groups excluding carboxylic acids is 2. The van der Waals surface area contributed by atoms with Crippen molar-refractivity contribution in [3.63, 3.8) is 0 Å². The normalized spacial score (nSPS) is 19.0. The number of ketones is 1. The SMILES string of the molecule is CC1=C(C(=O)Nc2ncccc2C)C(c2ccc(F)cc2)C2=C(CCCC2=O)N1. The van der Waals surface area contributed by atoms with Gasteiger partial charge in [-0.05, 0) is 56.0 Å². The minimum atomic E-state index is -0.538. The summed E-state index contributed by atoms with van der Waals surface area (Å²) in [5, 5.41) is 6.15. The van der Waals surface area contributed by atoms with Crippen LogP contribution in [0.5, 0.6) is 0 Å². The minimum Gasteiger partial charge on any atom is -0.362 e. The summed E-state index contributed by atoms with van der Waals surface area (Å²) in [5.74, 6) is -0.715. The molecule has 5 nitrogen and oxygen atoms in total. The summed E-state index contributed by atoms with van der Waals surface area (Å²) in [6, 6.07) is 9.68. The molecule has 0 spiro atoms. The average Bonchev–Trinajstić information content (AvgIpc) is 2.69. The third-order valence-electron chi connectivity index (χ3n) is 5.47. The van der Waals surface area contributed by atoms with Crippen LogP contribution in [-0.4, -0.2) is 16.7 Å². The number of nitrogens with zero attached hydrogens (tertiary/aromatic N) is 1. The fourth-order valence-electron chi connectivity index (χ4n) is 4.06. The van der Waals surface area contributed by atoms with Crippen LogP contribution >= 0.6 is 0 Å². The van der Waals surface area contributed by atoms with Crippen LogP contribution < -0.4 is 10.6 Å². The highest BCUT2D eigenvalue weighted by Crippen LogP contribution is 2.42. The molecule has 1 aliphatic heterocycles. The first kappa shape index (κ1) is 19.1. The zero-order chi connectivity index (χ0) is 20.5. The van der Waals surface area contributed by atoms with Gasteiger partial charge in [0, 0.05) is 41.1 Å². The Balaban J connectivity index is 1.79. The first-order valence-corrected chi connectivity index (χ1v) is 9.68. The number of benzene rings is 1. The highest BCUT2D eigenvalue weighted by molar-refractivity contribution is 6.09. The fraction of sp³-hybridized carbons (Fsp3) is 0.261. The Morgan fingerprint density at radius 2 is 1.93 bits per heavy atom. The predicted molar refractivity (Wildman–Crippen MR) is 108 cm³/mol. The van der Waals surface area contributed by atoms with Crippen molar-refractivity contribution in [3.8, 4) is 0 Å². The third-order valence-corrected chi connectivity index (χ3v) is 5.47. The lowest BCUT2D eigenvalue weighted by Gasteiger charge is -2.34. The van der Waals surface area contributed by atoms with Gasteiger partial charge in [0.1, 0.15) is 11.6 Å². The molecule has 148 valence electrons. The Hall–Kier alpha value is -3.28. The molecule has 2 heterocycles. The molecule has 2 N–H and O–H groups in total. The smallest absolute Gasteiger partial charge is 0.255 e. The molecular weight excluding hydrogens is 369 g/mol. The highest BCUT2D eigenvalue weighted by atomic mass is 19.1. The van der Waals surface area contributed by atoms with E-state index >= 15 is 0 Å². The van der Waals surface area contributed by atoms with Gasteiger partial charge in [0.25, 0.3) is 5.91 Å². The van der Waals surface area contributed by atoms with Crippen LogP contribution in [0, 0.1) is 12.7 Å². The van der Waals surface area contributed by atoms with Gasteiger partial charge in [-0.1, -0.05) is 18.2 Å². The van der Waals surface area contributed by atoms with Crippen LogP contribution in [0.3, 0.4) is 0 Å². The van der Waals surface area contributed by atoms with E-state index in [1.807, 2.05) is 19.9 Å². The third kappa shape index (κ3) is 3.58. The zero-order valence-corrected chi connectivity index (χ0v) is 16.4. The van der Waals surface area contributed by atoms with Gasteiger partial charge in [0.15, 0.2) is 5.78 Å². The van der Waals surface area contributed by atoms with E-state index in [0.717, 1.165) is 29.7 Å². The van der Waals surface area contributed by atoms with Gasteiger partial charge in [-0.2, -0.15) is 0 Å². The number of Topliss-reactive ketones (excluding diaryl/α,β-unsaturated/α-hetero) is 1. The van der Waals surface area contributed by atoms with Crippen LogP contribution in [-0.2, 0) is 9.59 Å². The number of rotatable bonds is 3. The van der Waals surface area contributed by atoms with E-state index in [1.54, 1.807) is 24.4 Å². The van der Waals surface area contributed by atoms with Gasteiger partial charge in [0.2, 0.25) is 0 Å². The molecule has 29 heavy (non-hydrogen) atoms. The maximum atomic E-state index is 13.5. The number of nitrogens with one attached hydrogen (secondary N) is 2. The van der Waals surface area contributed by atoms with Gasteiger partial charge >= 0.3 is 0 Å². The van der Waals surface area contributed by atoms with E-state index in [2.05, 4.69) is 15.6 Å². The molecule has 0 fully saturated rings. The van der Waals surface area contributed by atoms with Gasteiger partial charge in [-0.15, -0.1) is 0 Å².